The van der Waals surface area contributed by atoms with E-state index in [4.69, 9.17) is 0 Å². The van der Waals surface area contributed by atoms with Crippen LogP contribution in [0.1, 0.15) is 24.8 Å². The first-order valence-corrected chi connectivity index (χ1v) is 11.1. The smallest absolute Gasteiger partial charge is 0.372 e. The lowest BCUT2D eigenvalue weighted by molar-refractivity contribution is -0.179. The second kappa shape index (κ2) is 9.81. The molecule has 0 aromatic heterocycles. The van der Waals surface area contributed by atoms with Crippen molar-refractivity contribution in [1.82, 2.24) is 10.6 Å². The Bertz CT molecular complexity index is 885. The van der Waals surface area contributed by atoms with E-state index >= 15 is 0 Å². The van der Waals surface area contributed by atoms with Crippen molar-refractivity contribution >= 4 is 23.0 Å². The zero-order chi connectivity index (χ0) is 22.6. The van der Waals surface area contributed by atoms with E-state index in [0.717, 1.165) is 42.1 Å². The minimum Gasteiger partial charge on any atom is -0.372 e. The maximum Gasteiger partial charge on any atom is 0.391 e. The molecule has 1 amide bonds. The normalized spacial score (nSPS) is 19.7. The molecule has 172 valence electrons. The number of nitrogens with one attached hydrogen (secondary N) is 3. The first-order valence-electron chi connectivity index (χ1n) is 11.1. The molecule has 2 heterocycles. The zero-order valence-electron chi connectivity index (χ0n) is 17.9. The van der Waals surface area contributed by atoms with Crippen LogP contribution >= 0.6 is 0 Å². The molecule has 8 heteroatoms. The third kappa shape index (κ3) is 5.73. The highest BCUT2D eigenvalue weighted by Gasteiger charge is 2.41. The maximum atomic E-state index is 12.9. The second-order valence-corrected chi connectivity index (χ2v) is 8.58. The lowest BCUT2D eigenvalue weighted by Crippen LogP contribution is -2.38. The summed E-state index contributed by atoms with van der Waals surface area (Å²) in [5, 5.41) is 9.53. The number of anilines is 3. The lowest BCUT2D eigenvalue weighted by atomic mass is 9.96. The molecule has 4 rings (SSSR count). The maximum absolute atomic E-state index is 12.9. The van der Waals surface area contributed by atoms with Crippen LogP contribution in [0.2, 0.25) is 0 Å². The Hall–Kier alpha value is -2.74. The molecular weight excluding hydrogens is 417 g/mol. The highest BCUT2D eigenvalue weighted by atomic mass is 19.4. The molecule has 5 nitrogen and oxygen atoms in total. The molecule has 1 unspecified atom stereocenters. The molecular formula is C24H29F3N4O. The van der Waals surface area contributed by atoms with Crippen molar-refractivity contribution in [2.75, 3.05) is 36.4 Å². The van der Waals surface area contributed by atoms with Gasteiger partial charge in [0.2, 0.25) is 5.91 Å². The van der Waals surface area contributed by atoms with Crippen LogP contribution in [0.4, 0.5) is 30.2 Å². The van der Waals surface area contributed by atoms with Crippen LogP contribution in [-0.2, 0) is 11.3 Å². The van der Waals surface area contributed by atoms with Gasteiger partial charge in [0.1, 0.15) is 0 Å². The fourth-order valence-corrected chi connectivity index (χ4v) is 4.31. The van der Waals surface area contributed by atoms with Gasteiger partial charge in [-0.1, -0.05) is 12.1 Å². The van der Waals surface area contributed by atoms with Gasteiger partial charge < -0.3 is 20.9 Å². The molecule has 2 saturated heterocycles. The van der Waals surface area contributed by atoms with Crippen molar-refractivity contribution in [3.05, 3.63) is 54.1 Å². The van der Waals surface area contributed by atoms with E-state index in [2.05, 4.69) is 16.0 Å². The fraction of sp³-hybridized carbons (Fsp3) is 0.458. The van der Waals surface area contributed by atoms with Crippen molar-refractivity contribution in [2.45, 2.75) is 32.0 Å². The van der Waals surface area contributed by atoms with Crippen molar-refractivity contribution in [1.29, 1.82) is 0 Å². The Kier molecular flexibility index (Phi) is 6.89. The summed E-state index contributed by atoms with van der Waals surface area (Å²) in [5.41, 5.74) is 3.82. The molecule has 3 N–H and O–H groups in total. The van der Waals surface area contributed by atoms with Crippen LogP contribution in [0, 0.1) is 11.8 Å². The number of hydrogen-bond acceptors (Lipinski definition) is 4. The predicted octanol–water partition coefficient (Wildman–Crippen LogP) is 4.43. The summed E-state index contributed by atoms with van der Waals surface area (Å²) in [5.74, 6) is -1.02. The Morgan fingerprint density at radius 1 is 0.969 bits per heavy atom. The summed E-state index contributed by atoms with van der Waals surface area (Å²) in [6.07, 6.45) is -2.91. The van der Waals surface area contributed by atoms with E-state index < -0.39 is 12.1 Å². The molecule has 2 fully saturated rings. The third-order valence-corrected chi connectivity index (χ3v) is 6.33. The molecule has 1 atom stereocenters. The van der Waals surface area contributed by atoms with Crippen LogP contribution in [0.3, 0.4) is 0 Å². The number of carbonyl (C=O) groups excluding carboxylic acids is 1. The van der Waals surface area contributed by atoms with Gasteiger partial charge in [-0.25, -0.2) is 0 Å². The Morgan fingerprint density at radius 3 is 2.16 bits per heavy atom. The van der Waals surface area contributed by atoms with Crippen LogP contribution in [-0.4, -0.2) is 38.3 Å². The molecule has 2 aromatic carbocycles. The van der Waals surface area contributed by atoms with Gasteiger partial charge in [-0.3, -0.25) is 4.79 Å². The zero-order valence-corrected chi connectivity index (χ0v) is 17.9. The second-order valence-electron chi connectivity index (χ2n) is 8.58. The van der Waals surface area contributed by atoms with E-state index in [-0.39, 0.29) is 24.7 Å². The Morgan fingerprint density at radius 2 is 1.59 bits per heavy atom. The van der Waals surface area contributed by atoms with Gasteiger partial charge in [0, 0.05) is 43.2 Å². The molecule has 2 aliphatic rings. The van der Waals surface area contributed by atoms with Crippen molar-refractivity contribution in [2.24, 2.45) is 11.8 Å². The van der Waals surface area contributed by atoms with E-state index in [1.807, 2.05) is 53.4 Å². The SMILES string of the molecule is O=C(NCc1ccc(Nc2ccc(N3CCC(C(F)(F)F)CC3)cc2)cc1)C1CCNC1. The Balaban J connectivity index is 1.26. The van der Waals surface area contributed by atoms with Gasteiger partial charge in [-0.05, 0) is 67.8 Å². The number of alkyl halides is 3. The molecule has 32 heavy (non-hydrogen) atoms. The first kappa shape index (κ1) is 22.5. The van der Waals surface area contributed by atoms with Crippen molar-refractivity contribution in [3.8, 4) is 0 Å². The molecule has 0 spiro atoms. The summed E-state index contributed by atoms with van der Waals surface area (Å²) < 4.78 is 38.6. The van der Waals surface area contributed by atoms with Crippen LogP contribution in [0.5, 0.6) is 0 Å². The van der Waals surface area contributed by atoms with Gasteiger partial charge in [0.15, 0.2) is 0 Å². The Labute approximate surface area is 186 Å². The van der Waals surface area contributed by atoms with E-state index in [1.54, 1.807) is 0 Å². The number of amides is 1. The summed E-state index contributed by atoms with van der Waals surface area (Å²) in [6, 6.07) is 15.7. The molecule has 0 bridgehead atoms. The monoisotopic (exact) mass is 446 g/mol. The van der Waals surface area contributed by atoms with Gasteiger partial charge in [0.05, 0.1) is 11.8 Å². The van der Waals surface area contributed by atoms with Crippen LogP contribution in [0.25, 0.3) is 0 Å². The summed E-state index contributed by atoms with van der Waals surface area (Å²) >= 11 is 0. The van der Waals surface area contributed by atoms with Crippen molar-refractivity contribution < 1.29 is 18.0 Å². The predicted molar refractivity (Wildman–Crippen MR) is 120 cm³/mol. The van der Waals surface area contributed by atoms with E-state index in [0.29, 0.717) is 19.6 Å². The molecule has 0 aliphatic carbocycles. The summed E-state index contributed by atoms with van der Waals surface area (Å²) in [7, 11) is 0. The number of hydrogen-bond donors (Lipinski definition) is 3. The molecule has 2 aliphatic heterocycles. The van der Waals surface area contributed by atoms with E-state index in [9.17, 15) is 18.0 Å². The van der Waals surface area contributed by atoms with Gasteiger partial charge in [-0.2, -0.15) is 13.2 Å². The molecule has 0 radical (unpaired) electrons. The van der Waals surface area contributed by atoms with Crippen molar-refractivity contribution in [3.63, 3.8) is 0 Å². The summed E-state index contributed by atoms with van der Waals surface area (Å²) in [6.45, 7) is 3.00. The lowest BCUT2D eigenvalue weighted by Gasteiger charge is -2.34. The fourth-order valence-electron chi connectivity index (χ4n) is 4.31. The number of nitrogens with zero attached hydrogens (tertiary/aromatic N) is 1. The van der Waals surface area contributed by atoms with E-state index in [1.165, 1.54) is 0 Å². The number of benzene rings is 2. The molecule has 0 saturated carbocycles. The first-order chi connectivity index (χ1) is 15.4. The highest BCUT2D eigenvalue weighted by Crippen LogP contribution is 2.35. The minimum atomic E-state index is -4.09. The number of carbonyl (C=O) groups is 1. The average molecular weight is 447 g/mol. The standard InChI is InChI=1S/C24H29F3N4O/c25-24(26,27)19-10-13-31(14-11-19)22-7-5-21(6-8-22)30-20-3-1-17(2-4-20)15-29-23(32)18-9-12-28-16-18/h1-8,18-19,28,30H,9-16H2,(H,29,32). The van der Waals surface area contributed by atoms with Crippen LogP contribution in [0.15, 0.2) is 48.5 Å². The number of halogens is 3. The van der Waals surface area contributed by atoms with Crippen LogP contribution < -0.4 is 20.9 Å². The number of piperidine rings is 1. The minimum absolute atomic E-state index is 0.0647. The summed E-state index contributed by atoms with van der Waals surface area (Å²) in [4.78, 5) is 14.1. The topological polar surface area (TPSA) is 56.4 Å². The largest absolute Gasteiger partial charge is 0.391 e. The quantitative estimate of drug-likeness (QED) is 0.614. The van der Waals surface area contributed by atoms with Gasteiger partial charge in [-0.15, -0.1) is 0 Å². The van der Waals surface area contributed by atoms with Gasteiger partial charge in [0.25, 0.3) is 0 Å². The van der Waals surface area contributed by atoms with Gasteiger partial charge >= 0.3 is 6.18 Å². The number of rotatable bonds is 6. The highest BCUT2D eigenvalue weighted by molar-refractivity contribution is 5.79. The third-order valence-electron chi connectivity index (χ3n) is 6.33. The molecule has 2 aromatic rings. The average Bonchev–Trinajstić information content (AvgIpc) is 3.34.